The van der Waals surface area contributed by atoms with E-state index in [1.807, 2.05) is 13.0 Å². The fourth-order valence-corrected chi connectivity index (χ4v) is 6.72. The Balaban J connectivity index is 1.35. The van der Waals surface area contributed by atoms with Crippen molar-refractivity contribution in [3.8, 4) is 0 Å². The molecule has 3 N–H and O–H groups in total. The molecule has 0 unspecified atom stereocenters. The van der Waals surface area contributed by atoms with Gasteiger partial charge in [0.15, 0.2) is 0 Å². The summed E-state index contributed by atoms with van der Waals surface area (Å²) in [6.45, 7) is 4.12. The fraction of sp³-hybridized carbons (Fsp3) is 0.919. The lowest BCUT2D eigenvalue weighted by Crippen LogP contribution is -2.31. The van der Waals surface area contributed by atoms with Crippen LogP contribution in [0.2, 0.25) is 0 Å². The molecule has 0 amide bonds. The number of hydrogen-bond acceptors (Lipinski definition) is 6. The maximum Gasteiger partial charge on any atom is 0.334 e. The van der Waals surface area contributed by atoms with Crippen LogP contribution in [0.5, 0.6) is 0 Å². The topological polar surface area (TPSA) is 96.2 Å². The molecule has 0 aromatic heterocycles. The van der Waals surface area contributed by atoms with Crippen molar-refractivity contribution in [2.75, 3.05) is 0 Å². The van der Waals surface area contributed by atoms with E-state index in [0.29, 0.717) is 18.4 Å². The Morgan fingerprint density at radius 1 is 0.651 bits per heavy atom. The summed E-state index contributed by atoms with van der Waals surface area (Å²) in [5.74, 6) is -0.224. The largest absolute Gasteiger partial charge is 0.455 e. The lowest BCUT2D eigenvalue weighted by atomic mass is 9.99. The Labute approximate surface area is 264 Å². The number of aliphatic hydroxyl groups is 3. The average molecular weight is 609 g/mol. The molecule has 0 spiro atoms. The smallest absolute Gasteiger partial charge is 0.334 e. The summed E-state index contributed by atoms with van der Waals surface area (Å²) in [4.78, 5) is 11.6. The summed E-state index contributed by atoms with van der Waals surface area (Å²) in [7, 11) is 0. The van der Waals surface area contributed by atoms with Crippen molar-refractivity contribution in [2.45, 2.75) is 217 Å². The molecule has 0 aliphatic carbocycles. The predicted molar refractivity (Wildman–Crippen MR) is 176 cm³/mol. The van der Waals surface area contributed by atoms with E-state index in [9.17, 15) is 20.1 Å². The van der Waals surface area contributed by atoms with Crippen LogP contribution in [0.3, 0.4) is 0 Å². The van der Waals surface area contributed by atoms with E-state index >= 15 is 0 Å². The number of carbonyl (C=O) groups excluding carboxylic acids is 1. The summed E-state index contributed by atoms with van der Waals surface area (Å²) in [6.07, 6.45) is 29.4. The maximum absolute atomic E-state index is 11.6. The first-order valence-corrected chi connectivity index (χ1v) is 18.5. The van der Waals surface area contributed by atoms with Gasteiger partial charge in [0, 0.05) is 5.57 Å². The molecule has 1 fully saturated rings. The molecule has 6 atom stereocenters. The van der Waals surface area contributed by atoms with Gasteiger partial charge in [-0.05, 0) is 57.9 Å². The molecule has 2 rings (SSSR count). The highest BCUT2D eigenvalue weighted by Crippen LogP contribution is 2.28. The zero-order valence-electron chi connectivity index (χ0n) is 28.0. The van der Waals surface area contributed by atoms with Crippen molar-refractivity contribution >= 4 is 5.97 Å². The van der Waals surface area contributed by atoms with Gasteiger partial charge in [0.1, 0.15) is 6.10 Å². The molecule has 6 nitrogen and oxygen atoms in total. The molecule has 0 aromatic carbocycles. The molecule has 2 aliphatic heterocycles. The van der Waals surface area contributed by atoms with Gasteiger partial charge in [-0.1, -0.05) is 129 Å². The Morgan fingerprint density at radius 3 is 1.49 bits per heavy atom. The van der Waals surface area contributed by atoms with E-state index < -0.39 is 6.10 Å². The first-order chi connectivity index (χ1) is 20.9. The van der Waals surface area contributed by atoms with Gasteiger partial charge in [-0.2, -0.15) is 0 Å². The molecule has 1 saturated heterocycles. The molecule has 0 aromatic rings. The standard InChI is InChI=1S/C37H68O6/c1-3-4-5-6-7-8-11-14-17-20-23-33(39)35-27-28-36(43-35)34(40)24-21-18-15-12-9-10-13-16-19-22-32(38)26-25-31-29-30(2)42-37(31)41/h29-30,32-36,38-40H,3-28H2,1-2H3/t30-,32-,33+,34+,35+,36+/m0/s1. The van der Waals surface area contributed by atoms with Gasteiger partial charge >= 0.3 is 5.97 Å². The van der Waals surface area contributed by atoms with Crippen molar-refractivity contribution in [3.05, 3.63) is 11.6 Å². The summed E-state index contributed by atoms with van der Waals surface area (Å²) < 4.78 is 11.2. The third-order valence-corrected chi connectivity index (χ3v) is 9.57. The summed E-state index contributed by atoms with van der Waals surface area (Å²) in [5.41, 5.74) is 0.714. The molecule has 0 bridgehead atoms. The molecule has 2 aliphatic rings. The summed E-state index contributed by atoms with van der Waals surface area (Å²) in [5, 5.41) is 31.4. The Bertz CT molecular complexity index is 724. The minimum absolute atomic E-state index is 0.0965. The summed E-state index contributed by atoms with van der Waals surface area (Å²) in [6, 6.07) is 0. The van der Waals surface area contributed by atoms with Gasteiger partial charge in [0.2, 0.25) is 0 Å². The molecule has 2 heterocycles. The molecular formula is C37H68O6. The molecule has 0 saturated carbocycles. The van der Waals surface area contributed by atoms with E-state index in [0.717, 1.165) is 64.2 Å². The second-order valence-electron chi connectivity index (χ2n) is 13.6. The van der Waals surface area contributed by atoms with Gasteiger partial charge in [0.25, 0.3) is 0 Å². The van der Waals surface area contributed by atoms with Crippen molar-refractivity contribution in [3.63, 3.8) is 0 Å². The van der Waals surface area contributed by atoms with Crippen molar-refractivity contribution < 1.29 is 29.6 Å². The van der Waals surface area contributed by atoms with E-state index in [4.69, 9.17) is 9.47 Å². The van der Waals surface area contributed by atoms with Gasteiger partial charge in [0.05, 0.1) is 30.5 Å². The number of carbonyl (C=O) groups is 1. The first-order valence-electron chi connectivity index (χ1n) is 18.5. The average Bonchev–Trinajstić information content (AvgIpc) is 3.61. The molecule has 0 radical (unpaired) electrons. The Hall–Kier alpha value is -0.950. The van der Waals surface area contributed by atoms with Gasteiger partial charge < -0.3 is 24.8 Å². The van der Waals surface area contributed by atoms with Crippen LogP contribution in [0.4, 0.5) is 0 Å². The van der Waals surface area contributed by atoms with E-state index in [1.165, 1.54) is 89.9 Å². The molecule has 43 heavy (non-hydrogen) atoms. The normalized spacial score (nSPS) is 22.5. The summed E-state index contributed by atoms with van der Waals surface area (Å²) >= 11 is 0. The van der Waals surface area contributed by atoms with Crippen molar-refractivity contribution in [1.82, 2.24) is 0 Å². The van der Waals surface area contributed by atoms with E-state index in [2.05, 4.69) is 6.92 Å². The van der Waals surface area contributed by atoms with Gasteiger partial charge in [-0.15, -0.1) is 0 Å². The molecule has 252 valence electrons. The maximum atomic E-state index is 11.6. The number of esters is 1. The van der Waals surface area contributed by atoms with Gasteiger partial charge in [-0.3, -0.25) is 0 Å². The SMILES string of the molecule is CCCCCCCCCCCC[C@@H](O)[C@H]1CC[C@H]([C@H](O)CCCCCCCCCCC[C@H](O)CCC2=C[C@H](C)OC2=O)O1. The van der Waals surface area contributed by atoms with Crippen LogP contribution in [0.25, 0.3) is 0 Å². The zero-order valence-corrected chi connectivity index (χ0v) is 28.0. The Morgan fingerprint density at radius 2 is 1.07 bits per heavy atom. The second kappa shape index (κ2) is 24.3. The highest BCUT2D eigenvalue weighted by Gasteiger charge is 2.34. The third-order valence-electron chi connectivity index (χ3n) is 9.57. The van der Waals surface area contributed by atoms with Gasteiger partial charge in [-0.25, -0.2) is 4.79 Å². The first kappa shape index (κ1) is 38.2. The number of unbranched alkanes of at least 4 members (excludes halogenated alkanes) is 17. The number of hydrogen-bond donors (Lipinski definition) is 3. The lowest BCUT2D eigenvalue weighted by molar-refractivity contribution is -0.139. The van der Waals surface area contributed by atoms with Crippen LogP contribution < -0.4 is 0 Å². The second-order valence-corrected chi connectivity index (χ2v) is 13.6. The van der Waals surface area contributed by atoms with Crippen LogP contribution in [-0.4, -0.2) is 57.9 Å². The quantitative estimate of drug-likeness (QED) is 0.0606. The number of rotatable bonds is 28. The van der Waals surface area contributed by atoms with Crippen molar-refractivity contribution in [1.29, 1.82) is 0 Å². The van der Waals surface area contributed by atoms with E-state index in [1.54, 1.807) is 0 Å². The number of aliphatic hydroxyl groups excluding tert-OH is 3. The van der Waals surface area contributed by atoms with Crippen LogP contribution in [0.15, 0.2) is 11.6 Å². The molecule has 6 heteroatoms. The predicted octanol–water partition coefficient (Wildman–Crippen LogP) is 8.87. The zero-order chi connectivity index (χ0) is 31.1. The third kappa shape index (κ3) is 18.0. The number of cyclic esters (lactones) is 1. The van der Waals surface area contributed by atoms with Crippen LogP contribution in [-0.2, 0) is 14.3 Å². The molecular weight excluding hydrogens is 540 g/mol. The van der Waals surface area contributed by atoms with Crippen molar-refractivity contribution in [2.24, 2.45) is 0 Å². The minimum atomic E-state index is -0.405. The monoisotopic (exact) mass is 609 g/mol. The Kier molecular flexibility index (Phi) is 21.6. The fourth-order valence-electron chi connectivity index (χ4n) is 6.72. The number of ether oxygens (including phenoxy) is 2. The minimum Gasteiger partial charge on any atom is -0.455 e. The van der Waals surface area contributed by atoms with Crippen LogP contribution >= 0.6 is 0 Å². The van der Waals surface area contributed by atoms with Crippen LogP contribution in [0, 0.1) is 0 Å². The lowest BCUT2D eigenvalue weighted by Gasteiger charge is -2.22. The van der Waals surface area contributed by atoms with Crippen LogP contribution in [0.1, 0.15) is 181 Å². The van der Waals surface area contributed by atoms with E-state index in [-0.39, 0.29) is 36.5 Å². The highest BCUT2D eigenvalue weighted by atomic mass is 16.5. The highest BCUT2D eigenvalue weighted by molar-refractivity contribution is 5.90.